The Morgan fingerprint density at radius 1 is 1.35 bits per heavy atom. The van der Waals surface area contributed by atoms with Crippen LogP contribution < -0.4 is 11.1 Å². The summed E-state index contributed by atoms with van der Waals surface area (Å²) < 4.78 is 0. The molecule has 0 spiro atoms. The number of amides is 1. The van der Waals surface area contributed by atoms with Crippen molar-refractivity contribution in [2.75, 3.05) is 5.32 Å². The molecular weight excluding hydrogens is 268 g/mol. The van der Waals surface area contributed by atoms with E-state index in [1.165, 1.54) is 4.90 Å². The van der Waals surface area contributed by atoms with Gasteiger partial charge in [-0.25, -0.2) is 0 Å². The van der Waals surface area contributed by atoms with Crippen molar-refractivity contribution < 1.29 is 4.79 Å². The number of carbonyl (C=O) groups excluding carboxylic acids is 1. The lowest BCUT2D eigenvalue weighted by Gasteiger charge is -2.17. The molecule has 3 unspecified atom stereocenters. The summed E-state index contributed by atoms with van der Waals surface area (Å²) in [5, 5.41) is 3.56. The first kappa shape index (κ1) is 17.1. The summed E-state index contributed by atoms with van der Waals surface area (Å²) in [5.74, 6) is -0.214. The van der Waals surface area contributed by atoms with Crippen molar-refractivity contribution >= 4 is 23.4 Å². The van der Waals surface area contributed by atoms with E-state index in [2.05, 4.69) is 31.3 Å². The molecule has 20 heavy (non-hydrogen) atoms. The van der Waals surface area contributed by atoms with Crippen molar-refractivity contribution in [2.24, 2.45) is 11.7 Å². The first-order valence-electron chi connectivity index (χ1n) is 7.18. The van der Waals surface area contributed by atoms with E-state index in [9.17, 15) is 4.79 Å². The largest absolute Gasteiger partial charge is 0.327 e. The third kappa shape index (κ3) is 4.84. The molecule has 0 saturated carbocycles. The molecule has 1 rings (SSSR count). The van der Waals surface area contributed by atoms with E-state index in [0.29, 0.717) is 5.25 Å². The predicted molar refractivity (Wildman–Crippen MR) is 88.2 cm³/mol. The molecule has 4 heteroatoms. The predicted octanol–water partition coefficient (Wildman–Crippen LogP) is 3.81. The lowest BCUT2D eigenvalue weighted by atomic mass is 10.0. The van der Waals surface area contributed by atoms with Crippen molar-refractivity contribution in [3.63, 3.8) is 0 Å². The second kappa shape index (κ2) is 7.70. The number of aryl methyl sites for hydroxylation is 1. The normalized spacial score (nSPS) is 15.5. The molecule has 0 aliphatic heterocycles. The Kier molecular flexibility index (Phi) is 6.56. The fourth-order valence-electron chi connectivity index (χ4n) is 1.65. The second-order valence-corrected chi connectivity index (χ2v) is 6.96. The summed E-state index contributed by atoms with van der Waals surface area (Å²) in [4.78, 5) is 13.3. The third-order valence-corrected chi connectivity index (χ3v) is 4.83. The van der Waals surface area contributed by atoms with Crippen LogP contribution in [-0.4, -0.2) is 17.2 Å². The summed E-state index contributed by atoms with van der Waals surface area (Å²) in [6.45, 7) is 10.1. The molecule has 0 heterocycles. The van der Waals surface area contributed by atoms with Crippen LogP contribution in [0.1, 0.15) is 39.7 Å². The van der Waals surface area contributed by atoms with Crippen LogP contribution in [-0.2, 0) is 4.79 Å². The van der Waals surface area contributed by atoms with Crippen LogP contribution in [0.5, 0.6) is 0 Å². The molecule has 0 aliphatic rings. The van der Waals surface area contributed by atoms with Crippen molar-refractivity contribution in [2.45, 2.75) is 57.2 Å². The molecule has 1 amide bonds. The highest BCUT2D eigenvalue weighted by Gasteiger charge is 2.17. The van der Waals surface area contributed by atoms with Gasteiger partial charge in [0.05, 0.1) is 5.92 Å². The van der Waals surface area contributed by atoms with Crippen molar-refractivity contribution in [1.29, 1.82) is 0 Å². The van der Waals surface area contributed by atoms with Gasteiger partial charge in [-0.05, 0) is 44.0 Å². The number of hydrogen-bond acceptors (Lipinski definition) is 3. The van der Waals surface area contributed by atoms with Gasteiger partial charge >= 0.3 is 0 Å². The first-order chi connectivity index (χ1) is 9.35. The molecule has 0 saturated heterocycles. The van der Waals surface area contributed by atoms with Gasteiger partial charge in [0.2, 0.25) is 5.91 Å². The van der Waals surface area contributed by atoms with Gasteiger partial charge in [-0.3, -0.25) is 4.79 Å². The second-order valence-electron chi connectivity index (χ2n) is 5.45. The Labute approximate surface area is 126 Å². The maximum atomic E-state index is 12.0. The third-order valence-electron chi connectivity index (χ3n) is 3.57. The van der Waals surface area contributed by atoms with Gasteiger partial charge in [0.15, 0.2) is 0 Å². The number of nitrogens with one attached hydrogen (secondary N) is 1. The Bertz CT molecular complexity index is 460. The summed E-state index contributed by atoms with van der Waals surface area (Å²) in [5.41, 5.74) is 7.72. The van der Waals surface area contributed by atoms with Gasteiger partial charge in [-0.1, -0.05) is 20.8 Å². The molecule has 3 N–H and O–H groups in total. The average Bonchev–Trinajstić information content (AvgIpc) is 2.40. The van der Waals surface area contributed by atoms with E-state index in [1.54, 1.807) is 0 Å². The molecule has 1 aromatic rings. The first-order valence-corrected chi connectivity index (χ1v) is 8.06. The Balaban J connectivity index is 2.76. The number of thioether (sulfide) groups is 1. The molecule has 0 aliphatic carbocycles. The molecule has 3 nitrogen and oxygen atoms in total. The monoisotopic (exact) mass is 294 g/mol. The lowest BCUT2D eigenvalue weighted by molar-refractivity contribution is -0.119. The Morgan fingerprint density at radius 3 is 2.50 bits per heavy atom. The van der Waals surface area contributed by atoms with Gasteiger partial charge < -0.3 is 11.1 Å². The highest BCUT2D eigenvalue weighted by Crippen LogP contribution is 2.28. The minimum atomic E-state index is -0.191. The minimum absolute atomic E-state index is 0.0228. The number of anilines is 1. The maximum absolute atomic E-state index is 12.0. The number of benzene rings is 1. The fourth-order valence-corrected chi connectivity index (χ4v) is 2.67. The summed E-state index contributed by atoms with van der Waals surface area (Å²) >= 11 is 1.86. The number of nitrogens with two attached hydrogens (primary N) is 1. The van der Waals surface area contributed by atoms with Crippen molar-refractivity contribution in [3.05, 3.63) is 23.8 Å². The zero-order valence-electron chi connectivity index (χ0n) is 13.1. The summed E-state index contributed by atoms with van der Waals surface area (Å²) in [6.07, 6.45) is 1.15. The Morgan fingerprint density at radius 2 is 2.00 bits per heavy atom. The average molecular weight is 294 g/mol. The minimum Gasteiger partial charge on any atom is -0.327 e. The number of hydrogen-bond donors (Lipinski definition) is 2. The molecule has 0 radical (unpaired) electrons. The van der Waals surface area contributed by atoms with Crippen LogP contribution in [0.25, 0.3) is 0 Å². The van der Waals surface area contributed by atoms with E-state index in [-0.39, 0.29) is 17.9 Å². The van der Waals surface area contributed by atoms with Crippen LogP contribution in [0.2, 0.25) is 0 Å². The van der Waals surface area contributed by atoms with Crippen LogP contribution in [0.4, 0.5) is 5.69 Å². The van der Waals surface area contributed by atoms with E-state index < -0.39 is 0 Å². The summed E-state index contributed by atoms with van der Waals surface area (Å²) in [7, 11) is 0. The SMILES string of the molecule is CCC(C)Sc1ccc(NC(=O)C(C)C(C)N)c(C)c1. The van der Waals surface area contributed by atoms with Gasteiger partial charge in [-0.15, -0.1) is 11.8 Å². The van der Waals surface area contributed by atoms with Crippen LogP contribution >= 0.6 is 11.8 Å². The number of rotatable bonds is 6. The van der Waals surface area contributed by atoms with E-state index in [1.807, 2.05) is 38.6 Å². The Hall–Kier alpha value is -1.00. The topological polar surface area (TPSA) is 55.1 Å². The fraction of sp³-hybridized carbons (Fsp3) is 0.562. The van der Waals surface area contributed by atoms with E-state index in [0.717, 1.165) is 17.7 Å². The summed E-state index contributed by atoms with van der Waals surface area (Å²) in [6, 6.07) is 6.03. The molecule has 3 atom stereocenters. The van der Waals surface area contributed by atoms with Gasteiger partial charge in [0.1, 0.15) is 0 Å². The van der Waals surface area contributed by atoms with Crippen LogP contribution in [0.3, 0.4) is 0 Å². The molecule has 0 fully saturated rings. The van der Waals surface area contributed by atoms with Crippen LogP contribution in [0, 0.1) is 12.8 Å². The highest BCUT2D eigenvalue weighted by atomic mass is 32.2. The van der Waals surface area contributed by atoms with Gasteiger partial charge in [0.25, 0.3) is 0 Å². The standard InChI is InChI=1S/C16H26N2OS/c1-6-11(3)20-14-7-8-15(10(2)9-14)18-16(19)12(4)13(5)17/h7-9,11-13H,6,17H2,1-5H3,(H,18,19). The maximum Gasteiger partial charge on any atom is 0.228 e. The van der Waals surface area contributed by atoms with Gasteiger partial charge in [0, 0.05) is 21.9 Å². The van der Waals surface area contributed by atoms with E-state index in [4.69, 9.17) is 5.73 Å². The molecule has 0 aromatic heterocycles. The zero-order valence-corrected chi connectivity index (χ0v) is 13.9. The lowest BCUT2D eigenvalue weighted by Crippen LogP contribution is -2.34. The molecule has 112 valence electrons. The smallest absolute Gasteiger partial charge is 0.228 e. The van der Waals surface area contributed by atoms with Crippen molar-refractivity contribution in [1.82, 2.24) is 0 Å². The molecule has 0 bridgehead atoms. The number of carbonyl (C=O) groups is 1. The molecular formula is C16H26N2OS. The zero-order chi connectivity index (χ0) is 15.3. The van der Waals surface area contributed by atoms with E-state index >= 15 is 0 Å². The van der Waals surface area contributed by atoms with Crippen molar-refractivity contribution in [3.8, 4) is 0 Å². The van der Waals surface area contributed by atoms with Gasteiger partial charge in [-0.2, -0.15) is 0 Å². The quantitative estimate of drug-likeness (QED) is 0.784. The highest BCUT2D eigenvalue weighted by molar-refractivity contribution is 7.99. The van der Waals surface area contributed by atoms with Crippen LogP contribution in [0.15, 0.2) is 23.1 Å². The molecule has 1 aromatic carbocycles.